The zero-order chi connectivity index (χ0) is 26.6. The van der Waals surface area contributed by atoms with Crippen molar-refractivity contribution in [2.45, 2.75) is 31.9 Å². The van der Waals surface area contributed by atoms with Crippen molar-refractivity contribution in [2.24, 2.45) is 0 Å². The molecule has 0 spiro atoms. The number of amides is 2. The van der Waals surface area contributed by atoms with Gasteiger partial charge in [-0.3, -0.25) is 9.59 Å². The number of para-hydroxylation sites is 1. The lowest BCUT2D eigenvalue weighted by Crippen LogP contribution is -2.47. The van der Waals surface area contributed by atoms with Gasteiger partial charge in [0.15, 0.2) is 0 Å². The van der Waals surface area contributed by atoms with Crippen LogP contribution in [0.5, 0.6) is 11.5 Å². The summed E-state index contributed by atoms with van der Waals surface area (Å²) in [4.78, 5) is 26.1. The monoisotopic (exact) mass is 508 g/mol. The molecule has 0 aliphatic heterocycles. The Bertz CT molecular complexity index is 1280. The van der Waals surface area contributed by atoms with Crippen LogP contribution in [0.1, 0.15) is 30.4 Å². The summed E-state index contributed by atoms with van der Waals surface area (Å²) < 4.78 is 11.6. The third-order valence-electron chi connectivity index (χ3n) is 6.01. The molecule has 4 aromatic rings. The van der Waals surface area contributed by atoms with E-state index in [-0.39, 0.29) is 30.8 Å². The fraction of sp³-hybridized carbons (Fsp3) is 0.188. The molecule has 2 N–H and O–H groups in total. The Morgan fingerprint density at radius 3 is 1.97 bits per heavy atom. The van der Waals surface area contributed by atoms with E-state index < -0.39 is 6.04 Å². The van der Waals surface area contributed by atoms with Gasteiger partial charge in [-0.25, -0.2) is 0 Å². The summed E-state index contributed by atoms with van der Waals surface area (Å²) in [5, 5.41) is 5.75. The molecule has 0 aromatic heterocycles. The largest absolute Gasteiger partial charge is 0.457 e. The smallest absolute Gasteiger partial charge is 0.249 e. The van der Waals surface area contributed by atoms with Crippen LogP contribution < -0.4 is 15.4 Å². The Morgan fingerprint density at radius 1 is 0.737 bits per heavy atom. The maximum Gasteiger partial charge on any atom is 0.249 e. The average molecular weight is 509 g/mol. The maximum atomic E-state index is 13.2. The number of ether oxygens (including phenoxy) is 2. The van der Waals surface area contributed by atoms with Gasteiger partial charge in [0.1, 0.15) is 17.5 Å². The Hall–Kier alpha value is -4.42. The second-order valence-electron chi connectivity index (χ2n) is 9.07. The van der Waals surface area contributed by atoms with Crippen LogP contribution in [-0.2, 0) is 20.9 Å². The second kappa shape index (κ2) is 13.8. The van der Waals surface area contributed by atoms with E-state index in [1.165, 1.54) is 0 Å². The van der Waals surface area contributed by atoms with Crippen molar-refractivity contribution in [1.82, 2.24) is 5.32 Å². The van der Waals surface area contributed by atoms with Crippen LogP contribution in [0.15, 0.2) is 115 Å². The number of carbonyl (C=O) groups is 2. The second-order valence-corrected chi connectivity index (χ2v) is 9.07. The van der Waals surface area contributed by atoms with Gasteiger partial charge in [0.25, 0.3) is 0 Å². The zero-order valence-corrected chi connectivity index (χ0v) is 21.4. The molecule has 4 aromatic carbocycles. The minimum Gasteiger partial charge on any atom is -0.457 e. The Morgan fingerprint density at radius 2 is 1.32 bits per heavy atom. The minimum atomic E-state index is -0.852. The zero-order valence-electron chi connectivity index (χ0n) is 21.4. The lowest BCUT2D eigenvalue weighted by Gasteiger charge is -2.20. The number of anilines is 1. The van der Waals surface area contributed by atoms with Gasteiger partial charge in [0.05, 0.1) is 13.2 Å². The molecule has 0 saturated carbocycles. The molecule has 0 saturated heterocycles. The quantitative estimate of drug-likeness (QED) is 0.235. The van der Waals surface area contributed by atoms with E-state index in [9.17, 15) is 9.59 Å². The molecule has 2 atom stereocenters. The van der Waals surface area contributed by atoms with Crippen molar-refractivity contribution in [3.05, 3.63) is 126 Å². The summed E-state index contributed by atoms with van der Waals surface area (Å²) in [6.07, 6.45) is 0.262. The Labute approximate surface area is 223 Å². The highest BCUT2D eigenvalue weighted by Gasteiger charge is 2.23. The van der Waals surface area contributed by atoms with Gasteiger partial charge in [-0.15, -0.1) is 0 Å². The van der Waals surface area contributed by atoms with Gasteiger partial charge >= 0.3 is 0 Å². The first-order valence-electron chi connectivity index (χ1n) is 12.7. The van der Waals surface area contributed by atoms with Crippen molar-refractivity contribution < 1.29 is 19.1 Å². The van der Waals surface area contributed by atoms with Crippen molar-refractivity contribution in [2.75, 3.05) is 11.9 Å². The van der Waals surface area contributed by atoms with Gasteiger partial charge < -0.3 is 20.1 Å². The number of hydrogen-bond donors (Lipinski definition) is 2. The van der Waals surface area contributed by atoms with Gasteiger partial charge in [-0.05, 0) is 53.4 Å². The van der Waals surface area contributed by atoms with Gasteiger partial charge in [-0.1, -0.05) is 85.8 Å². The van der Waals surface area contributed by atoms with Crippen molar-refractivity contribution in [3.8, 4) is 11.5 Å². The lowest BCUT2D eigenvalue weighted by molar-refractivity contribution is -0.128. The Kier molecular flexibility index (Phi) is 9.65. The van der Waals surface area contributed by atoms with Crippen LogP contribution in [0.2, 0.25) is 0 Å². The number of benzene rings is 4. The fourth-order valence-corrected chi connectivity index (χ4v) is 3.94. The standard InChI is InChI=1S/C32H32N2O4/c1-24(26-13-7-3-8-14-26)21-31(35)34-30(23-37-22-25-11-5-2-6-12-25)32(36)33-27-17-19-29(20-18-27)38-28-15-9-4-10-16-28/h2-20,24,30H,21-23H2,1H3,(H,33,36)(H,34,35)/t24-,30?/m1/s1. The highest BCUT2D eigenvalue weighted by Crippen LogP contribution is 2.23. The molecule has 4 rings (SSSR count). The predicted molar refractivity (Wildman–Crippen MR) is 149 cm³/mol. The van der Waals surface area contributed by atoms with Crippen LogP contribution in [0, 0.1) is 0 Å². The van der Waals surface area contributed by atoms with Gasteiger partial charge in [-0.2, -0.15) is 0 Å². The first-order valence-corrected chi connectivity index (χ1v) is 12.7. The molecular formula is C32H32N2O4. The SMILES string of the molecule is C[C@H](CC(=O)NC(COCc1ccccc1)C(=O)Nc1ccc(Oc2ccccc2)cc1)c1ccccc1. The third kappa shape index (κ3) is 8.32. The van der Waals surface area contributed by atoms with E-state index >= 15 is 0 Å². The summed E-state index contributed by atoms with van der Waals surface area (Å²) in [7, 11) is 0. The molecule has 2 amide bonds. The van der Waals surface area contributed by atoms with Gasteiger partial charge in [0.2, 0.25) is 11.8 Å². The molecule has 0 radical (unpaired) electrons. The molecule has 6 nitrogen and oxygen atoms in total. The number of carbonyl (C=O) groups excluding carboxylic acids is 2. The van der Waals surface area contributed by atoms with Crippen molar-refractivity contribution >= 4 is 17.5 Å². The topological polar surface area (TPSA) is 76.7 Å². The summed E-state index contributed by atoms with van der Waals surface area (Å²) >= 11 is 0. The summed E-state index contributed by atoms with van der Waals surface area (Å²) in [6, 6.07) is 35.2. The summed E-state index contributed by atoms with van der Waals surface area (Å²) in [5.74, 6) is 0.835. The van der Waals surface area contributed by atoms with Crippen LogP contribution >= 0.6 is 0 Å². The van der Waals surface area contributed by atoms with Crippen LogP contribution in [-0.4, -0.2) is 24.5 Å². The van der Waals surface area contributed by atoms with Crippen LogP contribution in [0.25, 0.3) is 0 Å². The molecule has 1 unspecified atom stereocenters. The first kappa shape index (κ1) is 26.6. The van der Waals surface area contributed by atoms with E-state index in [0.29, 0.717) is 18.0 Å². The maximum absolute atomic E-state index is 13.2. The van der Waals surface area contributed by atoms with Crippen LogP contribution in [0.3, 0.4) is 0 Å². The van der Waals surface area contributed by atoms with E-state index in [0.717, 1.165) is 16.9 Å². The van der Waals surface area contributed by atoms with Gasteiger partial charge in [0, 0.05) is 12.1 Å². The molecule has 38 heavy (non-hydrogen) atoms. The Balaban J connectivity index is 1.37. The summed E-state index contributed by atoms with van der Waals surface area (Å²) in [5.41, 5.74) is 2.65. The number of hydrogen-bond acceptors (Lipinski definition) is 4. The molecular weight excluding hydrogens is 476 g/mol. The summed E-state index contributed by atoms with van der Waals surface area (Å²) in [6.45, 7) is 2.38. The molecule has 0 heterocycles. The van der Waals surface area contributed by atoms with E-state index in [1.807, 2.05) is 97.9 Å². The average Bonchev–Trinajstić information content (AvgIpc) is 2.95. The predicted octanol–water partition coefficient (Wildman–Crippen LogP) is 6.31. The molecule has 6 heteroatoms. The number of nitrogens with one attached hydrogen (secondary N) is 2. The van der Waals surface area contributed by atoms with E-state index in [2.05, 4.69) is 10.6 Å². The van der Waals surface area contributed by atoms with E-state index in [4.69, 9.17) is 9.47 Å². The van der Waals surface area contributed by atoms with E-state index in [1.54, 1.807) is 24.3 Å². The number of rotatable bonds is 12. The first-order chi connectivity index (χ1) is 18.6. The molecule has 0 aliphatic rings. The molecule has 0 fully saturated rings. The van der Waals surface area contributed by atoms with Crippen molar-refractivity contribution in [3.63, 3.8) is 0 Å². The molecule has 0 aliphatic carbocycles. The third-order valence-corrected chi connectivity index (χ3v) is 6.01. The normalized spacial score (nSPS) is 12.2. The highest BCUT2D eigenvalue weighted by atomic mass is 16.5. The lowest BCUT2D eigenvalue weighted by atomic mass is 9.97. The molecule has 194 valence electrons. The highest BCUT2D eigenvalue weighted by molar-refractivity contribution is 5.97. The fourth-order valence-electron chi connectivity index (χ4n) is 3.94. The minimum absolute atomic E-state index is 0.0160. The molecule has 0 bridgehead atoms. The van der Waals surface area contributed by atoms with Crippen LogP contribution in [0.4, 0.5) is 5.69 Å². The van der Waals surface area contributed by atoms with Crippen molar-refractivity contribution in [1.29, 1.82) is 0 Å².